The van der Waals surface area contributed by atoms with Crippen LogP contribution < -0.4 is 10.7 Å². The Morgan fingerprint density at radius 1 is 1.32 bits per heavy atom. The van der Waals surface area contributed by atoms with E-state index in [2.05, 4.69) is 24.1 Å². The first-order chi connectivity index (χ1) is 9.06. The minimum absolute atomic E-state index is 0.156. The number of methoxy groups -OCH3 is 2. The third kappa shape index (κ3) is 1.19. The smallest absolute Gasteiger partial charge is 0.317 e. The van der Waals surface area contributed by atoms with Crippen molar-refractivity contribution in [2.24, 2.45) is 22.5 Å². The number of hydrogen-bond donors (Lipinski definition) is 2. The predicted octanol–water partition coefficient (Wildman–Crippen LogP) is -0.776. The maximum Gasteiger partial charge on any atom is 0.342 e. The number of nitriles is 2. The molecule has 0 bridgehead atoms. The fourth-order valence-corrected chi connectivity index (χ4v) is 3.63. The second-order valence-electron chi connectivity index (χ2n) is 5.10. The molecule has 3 atom stereocenters. The zero-order valence-electron chi connectivity index (χ0n) is 11.5. The van der Waals surface area contributed by atoms with Crippen molar-refractivity contribution in [3.63, 3.8) is 0 Å². The lowest BCUT2D eigenvalue weighted by Gasteiger charge is -2.26. The van der Waals surface area contributed by atoms with Crippen LogP contribution in [0.3, 0.4) is 0 Å². The van der Waals surface area contributed by atoms with Crippen LogP contribution in [0, 0.1) is 39.4 Å². The van der Waals surface area contributed by atoms with Crippen LogP contribution in [-0.4, -0.2) is 26.0 Å². The van der Waals surface area contributed by atoms with Crippen LogP contribution >= 0.6 is 0 Å². The van der Waals surface area contributed by atoms with Gasteiger partial charge in [-0.15, -0.1) is 0 Å². The molecule has 19 heavy (non-hydrogen) atoms. The van der Waals surface area contributed by atoms with Crippen LogP contribution in [-0.2, 0) is 9.47 Å². The summed E-state index contributed by atoms with van der Waals surface area (Å²) in [5.74, 6) is -1.21. The molecule has 2 rings (SSSR count). The molecular formula is C13H19N4O2+. The Balaban J connectivity index is 2.52. The van der Waals surface area contributed by atoms with Crippen molar-refractivity contribution in [1.82, 2.24) is 0 Å². The number of unbranched alkanes of at least 4 members (excludes halogenated alkanes) is 1. The Hall–Kier alpha value is -1.63. The van der Waals surface area contributed by atoms with Crippen LogP contribution in [0.1, 0.15) is 26.2 Å². The van der Waals surface area contributed by atoms with E-state index in [1.165, 1.54) is 14.2 Å². The van der Waals surface area contributed by atoms with Gasteiger partial charge in [0.15, 0.2) is 10.8 Å². The third-order valence-corrected chi connectivity index (χ3v) is 4.60. The first kappa shape index (κ1) is 13.8. The van der Waals surface area contributed by atoms with Crippen LogP contribution in [0.25, 0.3) is 0 Å². The van der Waals surface area contributed by atoms with E-state index in [9.17, 15) is 10.5 Å². The van der Waals surface area contributed by atoms with Gasteiger partial charge in [0.1, 0.15) is 0 Å². The van der Waals surface area contributed by atoms with Crippen molar-refractivity contribution in [3.05, 3.63) is 0 Å². The lowest BCUT2D eigenvalue weighted by molar-refractivity contribution is -0.688. The Labute approximate surface area is 112 Å². The largest absolute Gasteiger partial charge is 0.342 e. The van der Waals surface area contributed by atoms with Gasteiger partial charge in [-0.05, 0) is 6.42 Å². The maximum atomic E-state index is 9.68. The molecule has 102 valence electrons. The predicted molar refractivity (Wildman–Crippen MR) is 66.0 cm³/mol. The molecule has 0 radical (unpaired) electrons. The number of fused-ring (bicyclic) bond motifs is 1. The summed E-state index contributed by atoms with van der Waals surface area (Å²) < 4.78 is 10.8. The maximum absolute atomic E-state index is 9.68. The summed E-state index contributed by atoms with van der Waals surface area (Å²) in [6, 6.07) is 4.48. The van der Waals surface area contributed by atoms with E-state index < -0.39 is 16.7 Å². The average molecular weight is 263 g/mol. The highest BCUT2D eigenvalue weighted by Gasteiger charge is 2.96. The van der Waals surface area contributed by atoms with E-state index in [1.54, 1.807) is 0 Å². The van der Waals surface area contributed by atoms with Crippen LogP contribution in [0.5, 0.6) is 0 Å². The lowest BCUT2D eigenvalue weighted by atomic mass is 9.94. The van der Waals surface area contributed by atoms with Crippen molar-refractivity contribution in [1.29, 1.82) is 10.5 Å². The minimum Gasteiger partial charge on any atom is -0.317 e. The summed E-state index contributed by atoms with van der Waals surface area (Å²) in [6.45, 7) is 2.07. The fraction of sp³-hybridized carbons (Fsp3) is 0.769. The molecule has 0 unspecified atom stereocenters. The molecule has 0 amide bonds. The molecule has 2 aliphatic rings. The quantitative estimate of drug-likeness (QED) is 0.633. The van der Waals surface area contributed by atoms with Gasteiger partial charge in [-0.1, -0.05) is 19.8 Å². The van der Waals surface area contributed by atoms with Gasteiger partial charge in [0, 0.05) is 20.1 Å². The van der Waals surface area contributed by atoms with E-state index in [0.29, 0.717) is 0 Å². The number of ether oxygens (including phenoxy) is 2. The first-order valence-electron chi connectivity index (χ1n) is 6.40. The van der Waals surface area contributed by atoms with Crippen molar-refractivity contribution >= 4 is 5.84 Å². The highest BCUT2D eigenvalue weighted by Crippen LogP contribution is 2.75. The molecule has 3 N–H and O–H groups in total. The SMILES string of the molecule is CCCC[C@H]1[C@]2(C#N)C(N)=[NH+]C(OC)(OC)[C@]12C#N. The number of nitrogens with one attached hydrogen (secondary N) is 1. The summed E-state index contributed by atoms with van der Waals surface area (Å²) >= 11 is 0. The van der Waals surface area contributed by atoms with E-state index in [0.717, 1.165) is 19.3 Å². The van der Waals surface area contributed by atoms with Crippen LogP contribution in [0.2, 0.25) is 0 Å². The second kappa shape index (κ2) is 4.19. The number of amidine groups is 1. The van der Waals surface area contributed by atoms with E-state index in [4.69, 9.17) is 15.2 Å². The van der Waals surface area contributed by atoms with Gasteiger partial charge in [0.2, 0.25) is 0 Å². The van der Waals surface area contributed by atoms with Crippen molar-refractivity contribution in [2.75, 3.05) is 14.2 Å². The number of nitrogens with two attached hydrogens (primary N) is 1. The molecule has 0 spiro atoms. The van der Waals surface area contributed by atoms with E-state index >= 15 is 0 Å². The zero-order chi connectivity index (χ0) is 14.3. The summed E-state index contributed by atoms with van der Waals surface area (Å²) in [4.78, 5) is 2.86. The monoisotopic (exact) mass is 263 g/mol. The van der Waals surface area contributed by atoms with Gasteiger partial charge in [-0.2, -0.15) is 10.5 Å². The summed E-state index contributed by atoms with van der Waals surface area (Å²) in [5, 5.41) is 19.3. The topological polar surface area (TPSA) is 106 Å². The zero-order valence-corrected chi connectivity index (χ0v) is 11.5. The molecule has 0 aromatic rings. The summed E-state index contributed by atoms with van der Waals surface area (Å²) in [5.41, 5.74) is 3.90. The molecule has 1 heterocycles. The molecule has 1 aliphatic carbocycles. The second-order valence-corrected chi connectivity index (χ2v) is 5.10. The van der Waals surface area contributed by atoms with Crippen molar-refractivity contribution in [2.45, 2.75) is 32.1 Å². The van der Waals surface area contributed by atoms with Gasteiger partial charge in [-0.25, -0.2) is 4.99 Å². The van der Waals surface area contributed by atoms with Crippen LogP contribution in [0.4, 0.5) is 0 Å². The van der Waals surface area contributed by atoms with Gasteiger partial charge in [0.25, 0.3) is 5.84 Å². The molecule has 1 fully saturated rings. The Bertz CT molecular complexity index is 500. The standard InChI is InChI=1S/C13H18N4O2/c1-4-5-6-9-11(7-14)10(16)17-13(18-2,19-3)12(9,11)8-15/h9H,4-6H2,1-3H3,(H2,16,17)/p+1/t9-,11+,12+/m0/s1. The number of rotatable bonds is 5. The third-order valence-electron chi connectivity index (χ3n) is 4.60. The van der Waals surface area contributed by atoms with Gasteiger partial charge in [-0.3, -0.25) is 5.73 Å². The number of hydrogen-bond acceptors (Lipinski definition) is 5. The van der Waals surface area contributed by atoms with Gasteiger partial charge < -0.3 is 9.47 Å². The normalized spacial score (nSPS) is 37.9. The molecule has 6 heteroatoms. The highest BCUT2D eigenvalue weighted by atomic mass is 16.7. The Morgan fingerprint density at radius 3 is 2.37 bits per heavy atom. The van der Waals surface area contributed by atoms with E-state index in [1.807, 2.05) is 0 Å². The van der Waals surface area contributed by atoms with Crippen molar-refractivity contribution in [3.8, 4) is 12.1 Å². The van der Waals surface area contributed by atoms with Gasteiger partial charge >= 0.3 is 5.91 Å². The fourth-order valence-electron chi connectivity index (χ4n) is 3.63. The Morgan fingerprint density at radius 2 is 1.95 bits per heavy atom. The van der Waals surface area contributed by atoms with E-state index in [-0.39, 0.29) is 11.8 Å². The molecular weight excluding hydrogens is 244 g/mol. The highest BCUT2D eigenvalue weighted by molar-refractivity contribution is 5.93. The minimum atomic E-state index is -1.33. The molecule has 0 saturated heterocycles. The molecule has 1 aliphatic heterocycles. The molecule has 6 nitrogen and oxygen atoms in total. The molecule has 1 saturated carbocycles. The number of nitrogens with zero attached hydrogens (tertiary/aromatic N) is 2. The van der Waals surface area contributed by atoms with Gasteiger partial charge in [0.05, 0.1) is 12.1 Å². The summed E-state index contributed by atoms with van der Waals surface area (Å²) in [6.07, 6.45) is 2.70. The molecule has 0 aromatic carbocycles. The van der Waals surface area contributed by atoms with Crippen molar-refractivity contribution < 1.29 is 14.5 Å². The molecule has 0 aromatic heterocycles. The lowest BCUT2D eigenvalue weighted by Crippen LogP contribution is -2.90. The average Bonchev–Trinajstić information content (AvgIpc) is 2.98. The Kier molecular flexibility index (Phi) is 3.04. The summed E-state index contributed by atoms with van der Waals surface area (Å²) in [7, 11) is 2.90. The van der Waals surface area contributed by atoms with Crippen LogP contribution in [0.15, 0.2) is 0 Å². The first-order valence-corrected chi connectivity index (χ1v) is 6.40.